The molecule has 1 aromatic heterocycles. The van der Waals surface area contributed by atoms with Gasteiger partial charge in [-0.2, -0.15) is 0 Å². The minimum Gasteiger partial charge on any atom is -0.313 e. The van der Waals surface area contributed by atoms with Crippen LogP contribution in [0.3, 0.4) is 0 Å². The van der Waals surface area contributed by atoms with Crippen molar-refractivity contribution in [1.82, 2.24) is 9.47 Å². The van der Waals surface area contributed by atoms with Crippen molar-refractivity contribution in [2.75, 3.05) is 20.6 Å². The molecule has 0 spiro atoms. The van der Waals surface area contributed by atoms with E-state index < -0.39 is 0 Å². The third-order valence-electron chi connectivity index (χ3n) is 2.29. The number of halogens is 1. The van der Waals surface area contributed by atoms with E-state index in [4.69, 9.17) is 11.6 Å². The zero-order valence-corrected chi connectivity index (χ0v) is 10.2. The lowest BCUT2D eigenvalue weighted by atomic mass is 10.3. The van der Waals surface area contributed by atoms with Crippen LogP contribution in [0.25, 0.3) is 0 Å². The summed E-state index contributed by atoms with van der Waals surface area (Å²) in [5.41, 5.74) is 0.907. The zero-order valence-electron chi connectivity index (χ0n) is 9.46. The molecular formula is C11H17ClN2O. The van der Waals surface area contributed by atoms with Gasteiger partial charge in [0.15, 0.2) is 0 Å². The summed E-state index contributed by atoms with van der Waals surface area (Å²) in [7, 11) is 4.05. The Morgan fingerprint density at radius 2 is 2.07 bits per heavy atom. The Hall–Kier alpha value is -0.800. The predicted octanol–water partition coefficient (Wildman–Crippen LogP) is 1.76. The van der Waals surface area contributed by atoms with Crippen LogP contribution in [0.2, 0.25) is 5.02 Å². The maximum absolute atomic E-state index is 11.6. The van der Waals surface area contributed by atoms with Crippen LogP contribution in [0.5, 0.6) is 0 Å². The van der Waals surface area contributed by atoms with Gasteiger partial charge in [0.2, 0.25) is 0 Å². The van der Waals surface area contributed by atoms with E-state index >= 15 is 0 Å². The number of pyridine rings is 1. The van der Waals surface area contributed by atoms with Gasteiger partial charge in [0.05, 0.1) is 0 Å². The largest absolute Gasteiger partial charge is 0.313 e. The van der Waals surface area contributed by atoms with Gasteiger partial charge in [0, 0.05) is 23.3 Å². The molecule has 0 bridgehead atoms. The fourth-order valence-corrected chi connectivity index (χ4v) is 1.77. The molecule has 3 nitrogen and oxygen atoms in total. The van der Waals surface area contributed by atoms with Crippen LogP contribution in [-0.2, 0) is 6.54 Å². The number of aryl methyl sites for hydroxylation is 1. The first kappa shape index (κ1) is 12.3. The molecule has 1 aromatic rings. The summed E-state index contributed by atoms with van der Waals surface area (Å²) in [5, 5.41) is 0.515. The van der Waals surface area contributed by atoms with Gasteiger partial charge in [0.1, 0.15) is 0 Å². The molecule has 0 amide bonds. The lowest BCUT2D eigenvalue weighted by molar-refractivity contribution is 0.383. The second kappa shape index (κ2) is 5.33. The molecule has 0 saturated heterocycles. The lowest BCUT2D eigenvalue weighted by Gasteiger charge is -2.12. The van der Waals surface area contributed by atoms with Crippen LogP contribution in [-0.4, -0.2) is 30.1 Å². The second-order valence-corrected chi connectivity index (χ2v) is 4.40. The molecule has 15 heavy (non-hydrogen) atoms. The molecule has 0 N–H and O–H groups in total. The quantitative estimate of drug-likeness (QED) is 0.785. The zero-order chi connectivity index (χ0) is 11.4. The van der Waals surface area contributed by atoms with Gasteiger partial charge in [0.25, 0.3) is 5.56 Å². The summed E-state index contributed by atoms with van der Waals surface area (Å²) < 4.78 is 1.76. The van der Waals surface area contributed by atoms with Crippen molar-refractivity contribution < 1.29 is 0 Å². The van der Waals surface area contributed by atoms with Crippen LogP contribution in [0.1, 0.15) is 12.1 Å². The maximum atomic E-state index is 11.6. The lowest BCUT2D eigenvalue weighted by Crippen LogP contribution is -2.23. The Morgan fingerprint density at radius 3 is 2.60 bits per heavy atom. The van der Waals surface area contributed by atoms with Crippen molar-refractivity contribution in [3.63, 3.8) is 0 Å². The van der Waals surface area contributed by atoms with Crippen molar-refractivity contribution >= 4 is 11.6 Å². The number of rotatable bonds is 4. The van der Waals surface area contributed by atoms with Gasteiger partial charge < -0.3 is 9.47 Å². The molecule has 0 unspecified atom stereocenters. The maximum Gasteiger partial charge on any atom is 0.252 e. The predicted molar refractivity (Wildman–Crippen MR) is 63.6 cm³/mol. The van der Waals surface area contributed by atoms with Crippen LogP contribution in [0.4, 0.5) is 0 Å². The first-order chi connectivity index (χ1) is 7.00. The van der Waals surface area contributed by atoms with Crippen molar-refractivity contribution in [1.29, 1.82) is 0 Å². The van der Waals surface area contributed by atoms with Gasteiger partial charge in [-0.3, -0.25) is 4.79 Å². The molecule has 84 valence electrons. The Morgan fingerprint density at radius 1 is 1.40 bits per heavy atom. The van der Waals surface area contributed by atoms with E-state index in [1.165, 1.54) is 6.07 Å². The molecule has 0 aliphatic rings. The highest BCUT2D eigenvalue weighted by molar-refractivity contribution is 6.30. The molecule has 0 fully saturated rings. The first-order valence-corrected chi connectivity index (χ1v) is 5.40. The van der Waals surface area contributed by atoms with E-state index in [1.807, 2.05) is 27.1 Å². The smallest absolute Gasteiger partial charge is 0.252 e. The molecular weight excluding hydrogens is 212 g/mol. The first-order valence-electron chi connectivity index (χ1n) is 5.02. The van der Waals surface area contributed by atoms with E-state index in [1.54, 1.807) is 4.57 Å². The second-order valence-electron chi connectivity index (χ2n) is 3.96. The molecule has 0 saturated carbocycles. The fraction of sp³-hybridized carbons (Fsp3) is 0.545. The number of aromatic nitrogens is 1. The van der Waals surface area contributed by atoms with Crippen LogP contribution < -0.4 is 5.56 Å². The third-order valence-corrected chi connectivity index (χ3v) is 2.51. The topological polar surface area (TPSA) is 25.2 Å². The summed E-state index contributed by atoms with van der Waals surface area (Å²) in [6.45, 7) is 3.64. The van der Waals surface area contributed by atoms with Gasteiger partial charge in [-0.15, -0.1) is 0 Å². The highest BCUT2D eigenvalue weighted by atomic mass is 35.5. The fourth-order valence-electron chi connectivity index (χ4n) is 1.52. The summed E-state index contributed by atoms with van der Waals surface area (Å²) in [6.07, 6.45) is 0.968. The summed E-state index contributed by atoms with van der Waals surface area (Å²) in [5.74, 6) is 0. The Labute approximate surface area is 95.3 Å². The summed E-state index contributed by atoms with van der Waals surface area (Å²) >= 11 is 5.79. The highest BCUT2D eigenvalue weighted by Crippen LogP contribution is 2.07. The van der Waals surface area contributed by atoms with Crippen LogP contribution in [0, 0.1) is 6.92 Å². The van der Waals surface area contributed by atoms with Crippen LogP contribution in [0.15, 0.2) is 16.9 Å². The number of hydrogen-bond donors (Lipinski definition) is 0. The average Bonchev–Trinajstić information content (AvgIpc) is 2.08. The van der Waals surface area contributed by atoms with E-state index in [0.29, 0.717) is 5.02 Å². The number of nitrogens with zero attached hydrogens (tertiary/aromatic N) is 2. The minimum atomic E-state index is -0.0150. The van der Waals surface area contributed by atoms with Crippen LogP contribution >= 0.6 is 11.6 Å². The highest BCUT2D eigenvalue weighted by Gasteiger charge is 2.02. The Balaban J connectivity index is 2.73. The molecule has 0 aliphatic carbocycles. The Kier molecular flexibility index (Phi) is 4.36. The van der Waals surface area contributed by atoms with E-state index in [-0.39, 0.29) is 5.56 Å². The standard InChI is InChI=1S/C11H17ClN2O/c1-9-7-10(12)8-11(15)14(9)6-4-5-13(2)3/h7-8H,4-6H2,1-3H3. The Bertz CT molecular complexity index is 385. The SMILES string of the molecule is Cc1cc(Cl)cc(=O)n1CCCN(C)C. The van der Waals surface area contributed by atoms with Gasteiger partial charge in [-0.05, 0) is 40.1 Å². The molecule has 1 rings (SSSR count). The van der Waals surface area contributed by atoms with Crippen molar-refractivity contribution in [3.05, 3.63) is 33.2 Å². The van der Waals surface area contributed by atoms with Crippen molar-refractivity contribution in [2.45, 2.75) is 19.9 Å². The minimum absolute atomic E-state index is 0.0150. The van der Waals surface area contributed by atoms with Crippen molar-refractivity contribution in [3.8, 4) is 0 Å². The summed E-state index contributed by atoms with van der Waals surface area (Å²) in [4.78, 5) is 13.7. The average molecular weight is 229 g/mol. The third kappa shape index (κ3) is 3.68. The molecule has 1 heterocycles. The molecule has 4 heteroatoms. The molecule has 0 aromatic carbocycles. The molecule has 0 radical (unpaired) electrons. The molecule has 0 atom stereocenters. The monoisotopic (exact) mass is 228 g/mol. The van der Waals surface area contributed by atoms with E-state index in [0.717, 1.165) is 25.2 Å². The van der Waals surface area contributed by atoms with Gasteiger partial charge in [-0.1, -0.05) is 11.6 Å². The molecule has 0 aliphatic heterocycles. The van der Waals surface area contributed by atoms with Crippen molar-refractivity contribution in [2.24, 2.45) is 0 Å². The van der Waals surface area contributed by atoms with Gasteiger partial charge >= 0.3 is 0 Å². The number of hydrogen-bond acceptors (Lipinski definition) is 2. The van der Waals surface area contributed by atoms with E-state index in [9.17, 15) is 4.79 Å². The normalized spacial score (nSPS) is 11.0. The summed E-state index contributed by atoms with van der Waals surface area (Å²) in [6, 6.07) is 3.28. The van der Waals surface area contributed by atoms with Gasteiger partial charge in [-0.25, -0.2) is 0 Å². The van der Waals surface area contributed by atoms with E-state index in [2.05, 4.69) is 4.90 Å².